The van der Waals surface area contributed by atoms with Crippen LogP contribution in [-0.2, 0) is 4.79 Å². The van der Waals surface area contributed by atoms with Crippen LogP contribution in [0.1, 0.15) is 64.2 Å². The van der Waals surface area contributed by atoms with Crippen molar-refractivity contribution in [2.45, 2.75) is 76.2 Å². The van der Waals surface area contributed by atoms with E-state index in [1.54, 1.807) is 0 Å². The first-order chi connectivity index (χ1) is 11.5. The van der Waals surface area contributed by atoms with Crippen LogP contribution < -0.4 is 5.32 Å². The average molecular weight is 340 g/mol. The molecule has 1 spiro atoms. The monoisotopic (exact) mass is 340 g/mol. The topological polar surface area (TPSA) is 32.3 Å². The van der Waals surface area contributed by atoms with Crippen LogP contribution in [0.5, 0.6) is 0 Å². The third-order valence-corrected chi connectivity index (χ3v) is 7.12. The van der Waals surface area contributed by atoms with Gasteiger partial charge in [-0.05, 0) is 50.0 Å². The lowest BCUT2D eigenvalue weighted by atomic mass is 9.76. The van der Waals surface area contributed by atoms with E-state index < -0.39 is 5.92 Å². The van der Waals surface area contributed by atoms with Crippen molar-refractivity contribution < 1.29 is 13.6 Å². The third kappa shape index (κ3) is 3.21. The van der Waals surface area contributed by atoms with Crippen molar-refractivity contribution in [1.29, 1.82) is 0 Å². The molecular weight excluding hydrogens is 310 g/mol. The maximum Gasteiger partial charge on any atom is 0.252 e. The molecular formula is C19H30F2N2O. The highest BCUT2D eigenvalue weighted by atomic mass is 19.3. The van der Waals surface area contributed by atoms with E-state index in [2.05, 4.69) is 10.2 Å². The predicted molar refractivity (Wildman–Crippen MR) is 88.9 cm³/mol. The molecule has 0 bridgehead atoms. The first-order valence-electron chi connectivity index (χ1n) is 9.86. The summed E-state index contributed by atoms with van der Waals surface area (Å²) >= 11 is 0. The number of hydrogen-bond donors (Lipinski definition) is 1. The number of nitrogens with one attached hydrogen (secondary N) is 1. The SMILES string of the molecule is O=C(NC1CC(F)(F)C1)[C@H]1CCC[C@@]12CCN(CC1CCCC1)C2. The smallest absolute Gasteiger partial charge is 0.252 e. The van der Waals surface area contributed by atoms with Crippen LogP contribution in [0, 0.1) is 17.3 Å². The van der Waals surface area contributed by atoms with Crippen LogP contribution in [-0.4, -0.2) is 42.4 Å². The largest absolute Gasteiger partial charge is 0.353 e. The Bertz CT molecular complexity index is 484. The molecule has 0 aromatic rings. The minimum atomic E-state index is -2.56. The minimum Gasteiger partial charge on any atom is -0.353 e. The fourth-order valence-corrected chi connectivity index (χ4v) is 5.80. The Hall–Kier alpha value is -0.710. The molecule has 24 heavy (non-hydrogen) atoms. The standard InChI is InChI=1S/C19H30F2N2O/c20-19(21)10-15(11-19)22-17(24)16-6-3-7-18(16)8-9-23(13-18)12-14-4-1-2-5-14/h14-16H,1-13H2,(H,22,24)/t16-,18+/m1/s1. The van der Waals surface area contributed by atoms with E-state index >= 15 is 0 Å². The Labute approximate surface area is 143 Å². The highest BCUT2D eigenvalue weighted by Gasteiger charge is 2.52. The second-order valence-electron chi connectivity index (χ2n) is 8.91. The van der Waals surface area contributed by atoms with Gasteiger partial charge in [0, 0.05) is 37.9 Å². The van der Waals surface area contributed by atoms with Crippen LogP contribution in [0.2, 0.25) is 0 Å². The van der Waals surface area contributed by atoms with Crippen molar-refractivity contribution in [2.24, 2.45) is 17.3 Å². The second-order valence-corrected chi connectivity index (χ2v) is 8.91. The molecule has 0 radical (unpaired) electrons. The highest BCUT2D eigenvalue weighted by Crippen LogP contribution is 2.50. The van der Waals surface area contributed by atoms with Crippen molar-refractivity contribution >= 4 is 5.91 Å². The van der Waals surface area contributed by atoms with E-state index in [9.17, 15) is 13.6 Å². The van der Waals surface area contributed by atoms with Crippen molar-refractivity contribution in [3.63, 3.8) is 0 Å². The van der Waals surface area contributed by atoms with Gasteiger partial charge in [0.15, 0.2) is 0 Å². The maximum atomic E-state index is 13.0. The first-order valence-corrected chi connectivity index (χ1v) is 9.86. The zero-order chi connectivity index (χ0) is 16.8. The quantitative estimate of drug-likeness (QED) is 0.848. The fraction of sp³-hybridized carbons (Fsp3) is 0.947. The molecule has 3 aliphatic carbocycles. The van der Waals surface area contributed by atoms with Gasteiger partial charge in [0.2, 0.25) is 5.91 Å². The predicted octanol–water partition coefficient (Wildman–Crippen LogP) is 3.58. The maximum absolute atomic E-state index is 13.0. The first kappa shape index (κ1) is 16.7. The van der Waals surface area contributed by atoms with Gasteiger partial charge in [0.25, 0.3) is 5.92 Å². The number of halogens is 2. The van der Waals surface area contributed by atoms with E-state index in [0.29, 0.717) is 0 Å². The van der Waals surface area contributed by atoms with Gasteiger partial charge >= 0.3 is 0 Å². The van der Waals surface area contributed by atoms with Crippen molar-refractivity contribution in [3.05, 3.63) is 0 Å². The number of carbonyl (C=O) groups is 1. The summed E-state index contributed by atoms with van der Waals surface area (Å²) < 4.78 is 26.0. The summed E-state index contributed by atoms with van der Waals surface area (Å²) in [7, 11) is 0. The molecule has 4 rings (SSSR count). The molecule has 1 heterocycles. The molecule has 0 aromatic carbocycles. The number of alkyl halides is 2. The second kappa shape index (κ2) is 6.22. The van der Waals surface area contributed by atoms with Crippen molar-refractivity contribution in [1.82, 2.24) is 10.2 Å². The number of nitrogens with zero attached hydrogens (tertiary/aromatic N) is 1. The minimum absolute atomic E-state index is 0.0419. The summed E-state index contributed by atoms with van der Waals surface area (Å²) in [4.78, 5) is 15.3. The summed E-state index contributed by atoms with van der Waals surface area (Å²) in [6.45, 7) is 3.36. The molecule has 1 saturated heterocycles. The number of rotatable bonds is 4. The molecule has 1 N–H and O–H groups in total. The molecule has 4 fully saturated rings. The van der Waals surface area contributed by atoms with Gasteiger partial charge in [-0.15, -0.1) is 0 Å². The summed E-state index contributed by atoms with van der Waals surface area (Å²) in [5, 5.41) is 2.92. The van der Waals surface area contributed by atoms with Crippen molar-refractivity contribution in [2.75, 3.05) is 19.6 Å². The number of carbonyl (C=O) groups excluding carboxylic acids is 1. The van der Waals surface area contributed by atoms with Crippen molar-refractivity contribution in [3.8, 4) is 0 Å². The Morgan fingerprint density at radius 3 is 2.54 bits per heavy atom. The molecule has 3 saturated carbocycles. The molecule has 0 unspecified atom stereocenters. The summed E-state index contributed by atoms with van der Waals surface area (Å²) in [6.07, 6.45) is 9.42. The van der Waals surface area contributed by atoms with Crippen LogP contribution in [0.4, 0.5) is 8.78 Å². The zero-order valence-electron chi connectivity index (χ0n) is 14.5. The van der Waals surface area contributed by atoms with E-state index in [-0.39, 0.29) is 36.1 Å². The Morgan fingerprint density at radius 2 is 1.83 bits per heavy atom. The summed E-state index contributed by atoms with van der Waals surface area (Å²) in [5.74, 6) is -1.61. The van der Waals surface area contributed by atoms with Gasteiger partial charge in [-0.25, -0.2) is 8.78 Å². The molecule has 4 aliphatic rings. The van der Waals surface area contributed by atoms with Gasteiger partial charge in [-0.3, -0.25) is 4.79 Å². The lowest BCUT2D eigenvalue weighted by Gasteiger charge is -2.38. The molecule has 136 valence electrons. The highest BCUT2D eigenvalue weighted by molar-refractivity contribution is 5.80. The molecule has 5 heteroatoms. The molecule has 2 atom stereocenters. The Balaban J connectivity index is 1.33. The lowest BCUT2D eigenvalue weighted by molar-refractivity contribution is -0.135. The van der Waals surface area contributed by atoms with E-state index in [0.717, 1.165) is 44.7 Å². The summed E-state index contributed by atoms with van der Waals surface area (Å²) in [6, 6.07) is -0.304. The van der Waals surface area contributed by atoms with Gasteiger partial charge in [0.05, 0.1) is 0 Å². The van der Waals surface area contributed by atoms with E-state index in [1.165, 1.54) is 32.2 Å². The Morgan fingerprint density at radius 1 is 1.08 bits per heavy atom. The fourth-order valence-electron chi connectivity index (χ4n) is 5.80. The van der Waals surface area contributed by atoms with E-state index in [4.69, 9.17) is 0 Å². The van der Waals surface area contributed by atoms with E-state index in [1.807, 2.05) is 0 Å². The number of likely N-dealkylation sites (tertiary alicyclic amines) is 1. The Kier molecular flexibility index (Phi) is 4.34. The third-order valence-electron chi connectivity index (χ3n) is 7.12. The average Bonchev–Trinajstić information content (AvgIpc) is 3.20. The van der Waals surface area contributed by atoms with Crippen LogP contribution in [0.15, 0.2) is 0 Å². The normalized spacial score (nSPS) is 37.2. The van der Waals surface area contributed by atoms with Crippen LogP contribution >= 0.6 is 0 Å². The molecule has 1 aliphatic heterocycles. The van der Waals surface area contributed by atoms with Crippen LogP contribution in [0.3, 0.4) is 0 Å². The summed E-state index contributed by atoms with van der Waals surface area (Å²) in [5.41, 5.74) is 0.120. The zero-order valence-corrected chi connectivity index (χ0v) is 14.5. The number of hydrogen-bond acceptors (Lipinski definition) is 2. The number of amides is 1. The van der Waals surface area contributed by atoms with Gasteiger partial charge < -0.3 is 10.2 Å². The van der Waals surface area contributed by atoms with Crippen LogP contribution in [0.25, 0.3) is 0 Å². The molecule has 0 aromatic heterocycles. The van der Waals surface area contributed by atoms with Gasteiger partial charge in [-0.1, -0.05) is 19.3 Å². The lowest BCUT2D eigenvalue weighted by Crippen LogP contribution is -2.53. The molecule has 1 amide bonds. The van der Waals surface area contributed by atoms with Gasteiger partial charge in [-0.2, -0.15) is 0 Å². The van der Waals surface area contributed by atoms with Gasteiger partial charge in [0.1, 0.15) is 0 Å². The molecule has 3 nitrogen and oxygen atoms in total.